The van der Waals surface area contributed by atoms with Gasteiger partial charge < -0.3 is 11.5 Å². The Hall–Kier alpha value is -1.83. The van der Waals surface area contributed by atoms with E-state index in [9.17, 15) is 9.00 Å². The lowest BCUT2D eigenvalue weighted by Gasteiger charge is -2.20. The van der Waals surface area contributed by atoms with Crippen LogP contribution in [0.25, 0.3) is 6.08 Å². The molecule has 0 fully saturated rings. The molecule has 1 aromatic carbocycles. The Labute approximate surface area is 146 Å². The maximum absolute atomic E-state index is 12.6. The van der Waals surface area contributed by atoms with Crippen molar-refractivity contribution in [3.05, 3.63) is 45.8 Å². The molecule has 8 heteroatoms. The standard InChI is InChI=1S/C15H16ClN3O2S2/c1-9(15(18)20)8-10-11(16)5-6-12(14(10)17)19(2)23(21)13-4-3-7-22-13/h3-8H,17H2,1-2H3,(H2,18,20)/b9-8+. The second-order valence-corrected chi connectivity index (χ2v) is 7.86. The van der Waals surface area contributed by atoms with E-state index in [1.807, 2.05) is 11.4 Å². The minimum Gasteiger partial charge on any atom is -0.396 e. The minimum atomic E-state index is -1.38. The number of primary amides is 1. The molecule has 122 valence electrons. The van der Waals surface area contributed by atoms with Crippen LogP contribution in [-0.2, 0) is 15.8 Å². The van der Waals surface area contributed by atoms with Crippen LogP contribution in [0.5, 0.6) is 0 Å². The molecule has 0 aliphatic heterocycles. The number of thiophene rings is 1. The molecule has 1 unspecified atom stereocenters. The van der Waals surface area contributed by atoms with Gasteiger partial charge in [0.25, 0.3) is 0 Å². The molecule has 0 spiro atoms. The molecule has 0 aliphatic carbocycles. The van der Waals surface area contributed by atoms with E-state index in [4.69, 9.17) is 23.1 Å². The predicted octanol–water partition coefficient (Wildman–Crippen LogP) is 3.03. The fraction of sp³-hybridized carbons (Fsp3) is 0.133. The lowest BCUT2D eigenvalue weighted by Crippen LogP contribution is -2.21. The number of carbonyl (C=O) groups excluding carboxylic acids is 1. The molecule has 0 radical (unpaired) electrons. The second kappa shape index (κ2) is 7.16. The molecule has 4 N–H and O–H groups in total. The molecule has 0 saturated carbocycles. The summed E-state index contributed by atoms with van der Waals surface area (Å²) >= 11 is 7.57. The van der Waals surface area contributed by atoms with Gasteiger partial charge in [-0.3, -0.25) is 9.10 Å². The van der Waals surface area contributed by atoms with Crippen molar-refractivity contribution in [2.45, 2.75) is 11.1 Å². The van der Waals surface area contributed by atoms with Gasteiger partial charge >= 0.3 is 0 Å². The van der Waals surface area contributed by atoms with E-state index in [1.54, 1.807) is 36.5 Å². The summed E-state index contributed by atoms with van der Waals surface area (Å²) in [7, 11) is 0.306. The molecule has 0 bridgehead atoms. The summed E-state index contributed by atoms with van der Waals surface area (Å²) in [5, 5.41) is 2.25. The Morgan fingerprint density at radius 1 is 1.39 bits per heavy atom. The van der Waals surface area contributed by atoms with Crippen LogP contribution in [0, 0.1) is 0 Å². The number of nitrogens with zero attached hydrogens (tertiary/aromatic N) is 1. The molecule has 5 nitrogen and oxygen atoms in total. The van der Waals surface area contributed by atoms with Crippen LogP contribution in [-0.4, -0.2) is 17.2 Å². The van der Waals surface area contributed by atoms with Gasteiger partial charge in [-0.15, -0.1) is 11.3 Å². The van der Waals surface area contributed by atoms with Gasteiger partial charge in [-0.05, 0) is 36.6 Å². The topological polar surface area (TPSA) is 89.4 Å². The predicted molar refractivity (Wildman–Crippen MR) is 97.8 cm³/mol. The fourth-order valence-corrected chi connectivity index (χ4v) is 4.20. The number of hydrogen-bond acceptors (Lipinski definition) is 4. The van der Waals surface area contributed by atoms with Gasteiger partial charge in [0, 0.05) is 18.2 Å². The summed E-state index contributed by atoms with van der Waals surface area (Å²) in [5.74, 6) is -0.554. The third kappa shape index (κ3) is 3.74. The van der Waals surface area contributed by atoms with Crippen LogP contribution in [0.4, 0.5) is 11.4 Å². The molecular weight excluding hydrogens is 354 g/mol. The van der Waals surface area contributed by atoms with Gasteiger partial charge in [-0.25, -0.2) is 4.21 Å². The van der Waals surface area contributed by atoms with E-state index in [-0.39, 0.29) is 0 Å². The van der Waals surface area contributed by atoms with E-state index in [0.29, 0.717) is 31.7 Å². The number of amides is 1. The smallest absolute Gasteiger partial charge is 0.244 e. The van der Waals surface area contributed by atoms with Crippen LogP contribution in [0.15, 0.2) is 39.4 Å². The first kappa shape index (κ1) is 17.5. The Kier molecular flexibility index (Phi) is 5.46. The molecule has 23 heavy (non-hydrogen) atoms. The highest BCUT2D eigenvalue weighted by Gasteiger charge is 2.18. The van der Waals surface area contributed by atoms with Crippen LogP contribution in [0.2, 0.25) is 5.02 Å². The zero-order valence-electron chi connectivity index (χ0n) is 12.6. The van der Waals surface area contributed by atoms with Gasteiger partial charge in [-0.1, -0.05) is 17.7 Å². The Morgan fingerprint density at radius 3 is 2.65 bits per heavy atom. The van der Waals surface area contributed by atoms with Crippen molar-refractivity contribution in [3.8, 4) is 0 Å². The number of halogens is 1. The van der Waals surface area contributed by atoms with Gasteiger partial charge in [0.15, 0.2) is 11.0 Å². The number of carbonyl (C=O) groups is 1. The number of anilines is 2. The first-order valence-electron chi connectivity index (χ1n) is 6.58. The molecule has 0 aliphatic rings. The average Bonchev–Trinajstić information content (AvgIpc) is 3.04. The summed E-state index contributed by atoms with van der Waals surface area (Å²) in [4.78, 5) is 11.2. The lowest BCUT2D eigenvalue weighted by atomic mass is 10.1. The first-order chi connectivity index (χ1) is 10.8. The van der Waals surface area contributed by atoms with E-state index >= 15 is 0 Å². The number of nitrogens with two attached hydrogens (primary N) is 2. The maximum atomic E-state index is 12.6. The zero-order valence-corrected chi connectivity index (χ0v) is 15.0. The largest absolute Gasteiger partial charge is 0.396 e. The second-order valence-electron chi connectivity index (χ2n) is 4.76. The van der Waals surface area contributed by atoms with Crippen molar-refractivity contribution in [1.29, 1.82) is 0 Å². The van der Waals surface area contributed by atoms with Crippen molar-refractivity contribution in [2.24, 2.45) is 5.73 Å². The van der Waals surface area contributed by atoms with E-state index in [1.165, 1.54) is 17.4 Å². The highest BCUT2D eigenvalue weighted by atomic mass is 35.5. The van der Waals surface area contributed by atoms with Crippen LogP contribution in [0.3, 0.4) is 0 Å². The molecule has 1 heterocycles. The van der Waals surface area contributed by atoms with Gasteiger partial charge in [0.2, 0.25) is 5.91 Å². The number of rotatable bonds is 5. The molecule has 1 amide bonds. The summed E-state index contributed by atoms with van der Waals surface area (Å²) in [6, 6.07) is 6.97. The van der Waals surface area contributed by atoms with E-state index < -0.39 is 16.9 Å². The fourth-order valence-electron chi connectivity index (χ4n) is 1.89. The van der Waals surface area contributed by atoms with Gasteiger partial charge in [-0.2, -0.15) is 0 Å². The highest BCUT2D eigenvalue weighted by molar-refractivity contribution is 7.88. The number of hydrogen-bond donors (Lipinski definition) is 2. The Balaban J connectivity index is 2.47. The molecule has 1 aromatic heterocycles. The quantitative estimate of drug-likeness (QED) is 0.627. The molecule has 2 aromatic rings. The summed E-state index contributed by atoms with van der Waals surface area (Å²) in [6.45, 7) is 1.58. The Morgan fingerprint density at radius 2 is 2.09 bits per heavy atom. The maximum Gasteiger partial charge on any atom is 0.244 e. The molecule has 1 atom stereocenters. The molecule has 2 rings (SSSR count). The summed E-state index contributed by atoms with van der Waals surface area (Å²) < 4.78 is 14.8. The lowest BCUT2D eigenvalue weighted by molar-refractivity contribution is -0.114. The molecular formula is C15H16ClN3O2S2. The van der Waals surface area contributed by atoms with Crippen molar-refractivity contribution < 1.29 is 9.00 Å². The van der Waals surface area contributed by atoms with Crippen molar-refractivity contribution in [2.75, 3.05) is 17.1 Å². The van der Waals surface area contributed by atoms with Gasteiger partial charge in [0.05, 0.1) is 16.4 Å². The summed E-state index contributed by atoms with van der Waals surface area (Å²) in [6.07, 6.45) is 1.53. The first-order valence-corrected chi connectivity index (χ1v) is 8.94. The summed E-state index contributed by atoms with van der Waals surface area (Å²) in [5.41, 5.74) is 13.1. The van der Waals surface area contributed by atoms with E-state index in [2.05, 4.69) is 0 Å². The van der Waals surface area contributed by atoms with Crippen LogP contribution < -0.4 is 15.8 Å². The van der Waals surface area contributed by atoms with E-state index in [0.717, 1.165) is 0 Å². The van der Waals surface area contributed by atoms with Crippen molar-refractivity contribution in [1.82, 2.24) is 0 Å². The number of benzene rings is 1. The molecule has 0 saturated heterocycles. The number of nitrogen functional groups attached to an aromatic ring is 1. The average molecular weight is 370 g/mol. The SMILES string of the molecule is C/C(=C\c1c(Cl)ccc(N(C)S(=O)c2cccs2)c1N)C(N)=O. The minimum absolute atomic E-state index is 0.331. The monoisotopic (exact) mass is 369 g/mol. The zero-order chi connectivity index (χ0) is 17.1. The van der Waals surface area contributed by atoms with Crippen LogP contribution in [0.1, 0.15) is 12.5 Å². The normalized spacial score (nSPS) is 12.9. The van der Waals surface area contributed by atoms with Crippen molar-refractivity contribution >= 4 is 57.3 Å². The third-order valence-electron chi connectivity index (χ3n) is 3.22. The Bertz CT molecular complexity index is 788. The van der Waals surface area contributed by atoms with Crippen LogP contribution >= 0.6 is 22.9 Å². The highest BCUT2D eigenvalue weighted by Crippen LogP contribution is 2.35. The third-order valence-corrected chi connectivity index (χ3v) is 6.10. The van der Waals surface area contributed by atoms with Crippen molar-refractivity contribution in [3.63, 3.8) is 0 Å². The van der Waals surface area contributed by atoms with Gasteiger partial charge in [0.1, 0.15) is 4.21 Å².